The maximum Gasteiger partial charge on any atom is 0.226 e. The zero-order chi connectivity index (χ0) is 22.8. The second-order valence-corrected chi connectivity index (χ2v) is 9.08. The fraction of sp³-hybridized carbons (Fsp3) is 0.333. The number of aliphatic imine (C=N–C) groups is 1. The number of aliphatic hydroxyl groups is 1. The number of fused-ring (bicyclic) bond motifs is 1. The number of benzene rings is 1. The zero-order valence-electron chi connectivity index (χ0n) is 18.8. The van der Waals surface area contributed by atoms with Crippen LogP contribution in [0.1, 0.15) is 65.4 Å². The van der Waals surface area contributed by atoms with E-state index in [1.165, 1.54) is 0 Å². The second-order valence-electron chi connectivity index (χ2n) is 9.08. The molecule has 0 radical (unpaired) electrons. The molecule has 1 fully saturated rings. The lowest BCUT2D eigenvalue weighted by Gasteiger charge is -2.33. The third-order valence-electron chi connectivity index (χ3n) is 6.67. The van der Waals surface area contributed by atoms with Gasteiger partial charge in [0, 0.05) is 29.2 Å². The van der Waals surface area contributed by atoms with Gasteiger partial charge in [0.05, 0.1) is 36.0 Å². The quantitative estimate of drug-likeness (QED) is 0.610. The number of aryl methyl sites for hydroxylation is 1. The van der Waals surface area contributed by atoms with E-state index >= 15 is 0 Å². The zero-order valence-corrected chi connectivity index (χ0v) is 18.8. The van der Waals surface area contributed by atoms with Gasteiger partial charge in [-0.2, -0.15) is 0 Å². The summed E-state index contributed by atoms with van der Waals surface area (Å²) in [4.78, 5) is 26.5. The highest BCUT2D eigenvalue weighted by Crippen LogP contribution is 2.39. The smallest absolute Gasteiger partial charge is 0.226 e. The average Bonchev–Trinajstić information content (AvgIpc) is 3.45. The van der Waals surface area contributed by atoms with Crippen LogP contribution in [0.15, 0.2) is 65.9 Å². The van der Waals surface area contributed by atoms with Gasteiger partial charge in [-0.15, -0.1) is 0 Å². The summed E-state index contributed by atoms with van der Waals surface area (Å²) in [5.74, 6) is -0.138. The Bertz CT molecular complexity index is 1200. The Morgan fingerprint density at radius 2 is 1.91 bits per heavy atom. The van der Waals surface area contributed by atoms with Gasteiger partial charge in [0.2, 0.25) is 5.91 Å². The number of carbonyl (C=O) groups is 1. The maximum absolute atomic E-state index is 13.0. The van der Waals surface area contributed by atoms with Crippen molar-refractivity contribution in [1.29, 1.82) is 0 Å². The van der Waals surface area contributed by atoms with Crippen molar-refractivity contribution in [3.05, 3.63) is 94.6 Å². The molecule has 168 valence electrons. The van der Waals surface area contributed by atoms with Gasteiger partial charge < -0.3 is 10.4 Å². The van der Waals surface area contributed by atoms with E-state index in [0.29, 0.717) is 25.1 Å². The monoisotopic (exact) mass is 440 g/mol. The molecule has 1 aliphatic carbocycles. The van der Waals surface area contributed by atoms with Crippen molar-refractivity contribution in [3.8, 4) is 0 Å². The van der Waals surface area contributed by atoms with Gasteiger partial charge in [0.25, 0.3) is 0 Å². The van der Waals surface area contributed by atoms with E-state index in [9.17, 15) is 9.90 Å². The lowest BCUT2D eigenvalue weighted by atomic mass is 9.87. The first kappa shape index (κ1) is 21.5. The van der Waals surface area contributed by atoms with Crippen LogP contribution in [0.25, 0.3) is 0 Å². The van der Waals surface area contributed by atoms with E-state index in [2.05, 4.69) is 15.3 Å². The van der Waals surface area contributed by atoms with E-state index in [4.69, 9.17) is 4.99 Å². The molecule has 1 amide bonds. The minimum Gasteiger partial charge on any atom is -0.387 e. The summed E-state index contributed by atoms with van der Waals surface area (Å²) in [5, 5.41) is 14.4. The third-order valence-corrected chi connectivity index (χ3v) is 6.67. The molecular weight excluding hydrogens is 412 g/mol. The van der Waals surface area contributed by atoms with E-state index in [0.717, 1.165) is 46.5 Å². The van der Waals surface area contributed by atoms with Gasteiger partial charge in [-0.3, -0.25) is 19.8 Å². The number of aromatic nitrogens is 2. The molecule has 2 aliphatic rings. The molecule has 5 rings (SSSR count). The molecule has 6 heteroatoms. The number of nitrogens with zero attached hydrogens (tertiary/aromatic N) is 3. The number of hydrogen-bond acceptors (Lipinski definition) is 5. The highest BCUT2D eigenvalue weighted by atomic mass is 16.3. The van der Waals surface area contributed by atoms with Crippen molar-refractivity contribution in [1.82, 2.24) is 15.3 Å². The first-order valence-electron chi connectivity index (χ1n) is 11.5. The Hall–Kier alpha value is -3.38. The molecule has 0 unspecified atom stereocenters. The van der Waals surface area contributed by atoms with Crippen LogP contribution in [0, 0.1) is 6.92 Å². The summed E-state index contributed by atoms with van der Waals surface area (Å²) in [6.45, 7) is 2.54. The molecule has 0 spiro atoms. The standard InChI is InChI=1S/C27H28N4O2/c1-18-13-20(9-12-28-18)25-23-17-29-22(14-21(23)16-30-25)15-24(32)31-26(19-7-3-2-4-8-19)27(33)10-5-6-11-27/h2-4,7-9,12-14,17,26,33H,5-6,10-11,15-16H2,1H3,(H,31,32)/t26-/m0/s1. The number of rotatable bonds is 6. The number of amides is 1. The summed E-state index contributed by atoms with van der Waals surface area (Å²) in [5.41, 5.74) is 5.71. The van der Waals surface area contributed by atoms with Crippen LogP contribution in [-0.4, -0.2) is 32.3 Å². The number of carbonyl (C=O) groups excluding carboxylic acids is 1. The van der Waals surface area contributed by atoms with Crippen LogP contribution in [0.3, 0.4) is 0 Å². The summed E-state index contributed by atoms with van der Waals surface area (Å²) >= 11 is 0. The molecule has 1 aromatic carbocycles. The Labute approximate surface area is 193 Å². The highest BCUT2D eigenvalue weighted by molar-refractivity contribution is 6.15. The molecule has 33 heavy (non-hydrogen) atoms. The minimum atomic E-state index is -0.909. The maximum atomic E-state index is 13.0. The minimum absolute atomic E-state index is 0.138. The largest absolute Gasteiger partial charge is 0.387 e. The summed E-state index contributed by atoms with van der Waals surface area (Å²) in [7, 11) is 0. The molecule has 0 saturated heterocycles. The fourth-order valence-corrected chi connectivity index (χ4v) is 5.00. The lowest BCUT2D eigenvalue weighted by Crippen LogP contribution is -2.45. The van der Waals surface area contributed by atoms with Gasteiger partial charge >= 0.3 is 0 Å². The SMILES string of the molecule is Cc1cc(C2=NCc3cc(CC(=O)N[C@@H](c4ccccc4)C4(O)CCCC4)ncc32)ccn1. The predicted octanol–water partition coefficient (Wildman–Crippen LogP) is 3.84. The van der Waals surface area contributed by atoms with Gasteiger partial charge in [0.1, 0.15) is 0 Å². The first-order chi connectivity index (χ1) is 16.0. The molecule has 2 aromatic heterocycles. The Kier molecular flexibility index (Phi) is 5.77. The molecule has 6 nitrogen and oxygen atoms in total. The molecule has 1 atom stereocenters. The van der Waals surface area contributed by atoms with Crippen molar-refractivity contribution in [2.75, 3.05) is 0 Å². The normalized spacial score (nSPS) is 17.3. The third kappa shape index (κ3) is 4.44. The van der Waals surface area contributed by atoms with Crippen LogP contribution in [0.2, 0.25) is 0 Å². The van der Waals surface area contributed by atoms with E-state index in [-0.39, 0.29) is 12.3 Å². The van der Waals surface area contributed by atoms with Gasteiger partial charge in [-0.05, 0) is 49.1 Å². The van der Waals surface area contributed by atoms with E-state index in [1.54, 1.807) is 6.20 Å². The van der Waals surface area contributed by atoms with E-state index in [1.807, 2.05) is 61.7 Å². The van der Waals surface area contributed by atoms with Crippen LogP contribution in [0.5, 0.6) is 0 Å². The van der Waals surface area contributed by atoms with Crippen molar-refractivity contribution >= 4 is 11.6 Å². The van der Waals surface area contributed by atoms with Gasteiger partial charge in [-0.25, -0.2) is 0 Å². The van der Waals surface area contributed by atoms with Crippen LogP contribution in [-0.2, 0) is 17.8 Å². The summed E-state index contributed by atoms with van der Waals surface area (Å²) in [6.07, 6.45) is 7.10. The molecule has 1 saturated carbocycles. The number of pyridine rings is 2. The van der Waals surface area contributed by atoms with Crippen molar-refractivity contribution in [2.24, 2.45) is 4.99 Å². The molecule has 3 heterocycles. The summed E-state index contributed by atoms with van der Waals surface area (Å²) in [6, 6.07) is 15.3. The fourth-order valence-electron chi connectivity index (χ4n) is 5.00. The Morgan fingerprint density at radius 1 is 1.12 bits per heavy atom. The van der Waals surface area contributed by atoms with Crippen molar-refractivity contribution < 1.29 is 9.90 Å². The Morgan fingerprint density at radius 3 is 2.67 bits per heavy atom. The van der Waals surface area contributed by atoms with Crippen molar-refractivity contribution in [3.63, 3.8) is 0 Å². The molecule has 0 bridgehead atoms. The van der Waals surface area contributed by atoms with E-state index < -0.39 is 11.6 Å². The van der Waals surface area contributed by atoms with Gasteiger partial charge in [0.15, 0.2) is 0 Å². The van der Waals surface area contributed by atoms with Crippen LogP contribution >= 0.6 is 0 Å². The topological polar surface area (TPSA) is 87.5 Å². The van der Waals surface area contributed by atoms with Crippen molar-refractivity contribution in [2.45, 2.75) is 57.2 Å². The predicted molar refractivity (Wildman–Crippen MR) is 127 cm³/mol. The van der Waals surface area contributed by atoms with Crippen LogP contribution in [0.4, 0.5) is 0 Å². The molecule has 3 aromatic rings. The number of nitrogens with one attached hydrogen (secondary N) is 1. The van der Waals surface area contributed by atoms with Gasteiger partial charge in [-0.1, -0.05) is 43.2 Å². The summed E-state index contributed by atoms with van der Waals surface area (Å²) < 4.78 is 0. The second kappa shape index (κ2) is 8.87. The molecule has 1 aliphatic heterocycles. The average molecular weight is 441 g/mol. The Balaban J connectivity index is 1.32. The number of hydrogen-bond donors (Lipinski definition) is 2. The molecular formula is C27H28N4O2. The lowest BCUT2D eigenvalue weighted by molar-refractivity contribution is -0.123. The highest BCUT2D eigenvalue weighted by Gasteiger charge is 2.41. The first-order valence-corrected chi connectivity index (χ1v) is 11.5. The van der Waals surface area contributed by atoms with Crippen LogP contribution < -0.4 is 5.32 Å². The molecule has 2 N–H and O–H groups in total.